The van der Waals surface area contributed by atoms with Gasteiger partial charge in [-0.15, -0.1) is 0 Å². The molecule has 2 rings (SSSR count). The third kappa shape index (κ3) is 5.42. The normalized spacial score (nSPS) is 10.5. The number of benzene rings is 1. The van der Waals surface area contributed by atoms with E-state index in [0.29, 0.717) is 24.5 Å². The maximum absolute atomic E-state index is 12.7. The fourth-order valence-electron chi connectivity index (χ4n) is 2.28. The van der Waals surface area contributed by atoms with Gasteiger partial charge < -0.3 is 14.6 Å². The van der Waals surface area contributed by atoms with Crippen molar-refractivity contribution >= 4 is 27.7 Å². The first-order chi connectivity index (χ1) is 12.0. The Morgan fingerprint density at radius 1 is 1.20 bits per heavy atom. The second kappa shape index (κ2) is 9.36. The van der Waals surface area contributed by atoms with E-state index in [1.165, 1.54) is 6.26 Å². The summed E-state index contributed by atoms with van der Waals surface area (Å²) >= 11 is 3.36. The van der Waals surface area contributed by atoms with Gasteiger partial charge in [0.2, 0.25) is 5.89 Å². The molecule has 1 aromatic carbocycles. The molecule has 2 aromatic rings. The van der Waals surface area contributed by atoms with E-state index in [4.69, 9.17) is 4.42 Å². The van der Waals surface area contributed by atoms with Gasteiger partial charge in [0, 0.05) is 23.1 Å². The summed E-state index contributed by atoms with van der Waals surface area (Å²) in [5, 5.41) is 2.75. The van der Waals surface area contributed by atoms with Gasteiger partial charge in [0.1, 0.15) is 6.26 Å². The number of hydrogen-bond acceptors (Lipinski definition) is 4. The van der Waals surface area contributed by atoms with Crippen molar-refractivity contribution in [3.63, 3.8) is 0 Å². The molecule has 1 N–H and O–H groups in total. The summed E-state index contributed by atoms with van der Waals surface area (Å²) < 4.78 is 6.29. The first-order valence-corrected chi connectivity index (χ1v) is 9.11. The quantitative estimate of drug-likeness (QED) is 0.724. The molecule has 0 saturated heterocycles. The van der Waals surface area contributed by atoms with Crippen LogP contribution in [0.1, 0.15) is 53.4 Å². The number of rotatable bonds is 8. The van der Waals surface area contributed by atoms with Gasteiger partial charge in [-0.05, 0) is 37.1 Å². The molecular weight excluding hydrogens is 386 g/mol. The summed E-state index contributed by atoms with van der Waals surface area (Å²) in [7, 11) is 0. The number of carbonyl (C=O) groups excluding carboxylic acids is 2. The van der Waals surface area contributed by atoms with Crippen LogP contribution >= 0.6 is 15.9 Å². The second-order valence-electron chi connectivity index (χ2n) is 5.62. The molecule has 0 aliphatic carbocycles. The fourth-order valence-corrected chi connectivity index (χ4v) is 2.54. The van der Waals surface area contributed by atoms with Crippen LogP contribution in [-0.4, -0.2) is 34.8 Å². The van der Waals surface area contributed by atoms with Crippen LogP contribution in [0.3, 0.4) is 0 Å². The summed E-state index contributed by atoms with van der Waals surface area (Å²) in [6.45, 7) is 5.37. The Morgan fingerprint density at radius 2 is 1.92 bits per heavy atom. The monoisotopic (exact) mass is 407 g/mol. The summed E-state index contributed by atoms with van der Waals surface area (Å²) in [5.41, 5.74) is 0.833. The fraction of sp³-hybridized carbons (Fsp3) is 0.389. The number of carbonyl (C=O) groups is 2. The van der Waals surface area contributed by atoms with Crippen LogP contribution in [0.2, 0.25) is 0 Å². The zero-order chi connectivity index (χ0) is 18.2. The molecule has 0 fully saturated rings. The molecule has 0 atom stereocenters. The molecule has 0 bridgehead atoms. The molecule has 0 saturated carbocycles. The van der Waals surface area contributed by atoms with Gasteiger partial charge in [-0.3, -0.25) is 9.59 Å². The third-order valence-corrected chi connectivity index (χ3v) is 4.05. The molecule has 0 aliphatic heterocycles. The van der Waals surface area contributed by atoms with Crippen LogP contribution in [0.25, 0.3) is 0 Å². The lowest BCUT2D eigenvalue weighted by Gasteiger charge is -2.20. The van der Waals surface area contributed by atoms with Gasteiger partial charge in [-0.25, -0.2) is 4.98 Å². The van der Waals surface area contributed by atoms with Crippen molar-refractivity contribution in [2.45, 2.75) is 33.2 Å². The molecular formula is C18H22BrN3O3. The maximum Gasteiger partial charge on any atom is 0.273 e. The van der Waals surface area contributed by atoms with E-state index >= 15 is 0 Å². The average molecular weight is 408 g/mol. The topological polar surface area (TPSA) is 75.4 Å². The Bertz CT molecular complexity index is 713. The number of hydrogen-bond donors (Lipinski definition) is 1. The minimum Gasteiger partial charge on any atom is -0.446 e. The minimum absolute atomic E-state index is 0.0930. The lowest BCUT2D eigenvalue weighted by Crippen LogP contribution is -2.31. The van der Waals surface area contributed by atoms with Crippen molar-refractivity contribution in [2.24, 2.45) is 0 Å². The van der Waals surface area contributed by atoms with E-state index in [9.17, 15) is 9.59 Å². The highest BCUT2D eigenvalue weighted by atomic mass is 79.9. The zero-order valence-corrected chi connectivity index (χ0v) is 16.0. The number of amides is 2. The van der Waals surface area contributed by atoms with Crippen LogP contribution in [-0.2, 0) is 6.54 Å². The van der Waals surface area contributed by atoms with Gasteiger partial charge in [0.05, 0.1) is 6.54 Å². The van der Waals surface area contributed by atoms with Crippen molar-refractivity contribution in [1.29, 1.82) is 0 Å². The first-order valence-electron chi connectivity index (χ1n) is 8.32. The molecule has 6 nitrogen and oxygen atoms in total. The SMILES string of the molecule is CCCNC(=O)c1coc(CN(CCC)C(=O)c2ccc(Br)cc2)n1. The van der Waals surface area contributed by atoms with E-state index in [0.717, 1.165) is 17.3 Å². The van der Waals surface area contributed by atoms with Gasteiger partial charge in [0.25, 0.3) is 11.8 Å². The van der Waals surface area contributed by atoms with Gasteiger partial charge in [-0.2, -0.15) is 0 Å². The Balaban J connectivity index is 2.08. The molecule has 1 aromatic heterocycles. The Morgan fingerprint density at radius 3 is 2.56 bits per heavy atom. The van der Waals surface area contributed by atoms with E-state index in [-0.39, 0.29) is 24.1 Å². The number of oxazole rings is 1. The molecule has 7 heteroatoms. The van der Waals surface area contributed by atoms with Crippen LogP contribution in [0.4, 0.5) is 0 Å². The molecule has 134 valence electrons. The van der Waals surface area contributed by atoms with Crippen LogP contribution in [0.15, 0.2) is 39.4 Å². The summed E-state index contributed by atoms with van der Waals surface area (Å²) in [6.07, 6.45) is 2.99. The van der Waals surface area contributed by atoms with E-state index in [1.54, 1.807) is 17.0 Å². The number of nitrogens with zero attached hydrogens (tertiary/aromatic N) is 2. The molecule has 0 spiro atoms. The number of halogens is 1. The number of nitrogens with one attached hydrogen (secondary N) is 1. The summed E-state index contributed by atoms with van der Waals surface area (Å²) in [5.74, 6) is -0.0109. The summed E-state index contributed by atoms with van der Waals surface area (Å²) in [4.78, 5) is 30.5. The van der Waals surface area contributed by atoms with Gasteiger partial charge >= 0.3 is 0 Å². The Labute approximate surface area is 155 Å². The summed E-state index contributed by atoms with van der Waals surface area (Å²) in [6, 6.07) is 7.21. The second-order valence-corrected chi connectivity index (χ2v) is 6.53. The number of aromatic nitrogens is 1. The molecule has 0 radical (unpaired) electrons. The molecule has 25 heavy (non-hydrogen) atoms. The van der Waals surface area contributed by atoms with Crippen LogP contribution < -0.4 is 5.32 Å². The van der Waals surface area contributed by atoms with Crippen molar-refractivity contribution in [3.8, 4) is 0 Å². The van der Waals surface area contributed by atoms with Crippen LogP contribution in [0, 0.1) is 0 Å². The van der Waals surface area contributed by atoms with Crippen molar-refractivity contribution < 1.29 is 14.0 Å². The van der Waals surface area contributed by atoms with E-state index in [2.05, 4.69) is 26.2 Å². The smallest absolute Gasteiger partial charge is 0.273 e. The first kappa shape index (κ1) is 19.2. The lowest BCUT2D eigenvalue weighted by atomic mass is 10.2. The van der Waals surface area contributed by atoms with Crippen LogP contribution in [0.5, 0.6) is 0 Å². The Kier molecular flexibility index (Phi) is 7.18. The Hall–Kier alpha value is -2.15. The predicted octanol–water partition coefficient (Wildman–Crippen LogP) is 3.63. The predicted molar refractivity (Wildman–Crippen MR) is 98.3 cm³/mol. The molecule has 1 heterocycles. The van der Waals surface area contributed by atoms with Gasteiger partial charge in [-0.1, -0.05) is 29.8 Å². The highest BCUT2D eigenvalue weighted by molar-refractivity contribution is 9.10. The minimum atomic E-state index is -0.266. The maximum atomic E-state index is 12.7. The van der Waals surface area contributed by atoms with Crippen molar-refractivity contribution in [3.05, 3.63) is 52.1 Å². The third-order valence-electron chi connectivity index (χ3n) is 3.52. The van der Waals surface area contributed by atoms with E-state index < -0.39 is 0 Å². The molecule has 2 amide bonds. The standard InChI is InChI=1S/C18H22BrN3O3/c1-3-9-20-17(23)15-12-25-16(21-15)11-22(10-4-2)18(24)13-5-7-14(19)8-6-13/h5-8,12H,3-4,9-11H2,1-2H3,(H,20,23). The average Bonchev–Trinajstić information content (AvgIpc) is 3.08. The van der Waals surface area contributed by atoms with E-state index in [1.807, 2.05) is 26.0 Å². The van der Waals surface area contributed by atoms with Crippen molar-refractivity contribution in [2.75, 3.05) is 13.1 Å². The zero-order valence-electron chi connectivity index (χ0n) is 14.4. The highest BCUT2D eigenvalue weighted by Crippen LogP contribution is 2.14. The molecule has 0 aliphatic rings. The lowest BCUT2D eigenvalue weighted by molar-refractivity contribution is 0.0728. The highest BCUT2D eigenvalue weighted by Gasteiger charge is 2.19. The van der Waals surface area contributed by atoms with Crippen molar-refractivity contribution in [1.82, 2.24) is 15.2 Å². The van der Waals surface area contributed by atoms with Gasteiger partial charge in [0.15, 0.2) is 5.69 Å². The largest absolute Gasteiger partial charge is 0.446 e. The molecule has 0 unspecified atom stereocenters.